The molecule has 1 saturated heterocycles. The molecule has 1 amide bonds. The minimum absolute atomic E-state index is 0.0285. The lowest BCUT2D eigenvalue weighted by molar-refractivity contribution is -0.129. The standard InChI is InChI=1S/C30H35FN6O3/c1-20-16-21(9-12-34-20)29-26(40-15-5-3-2-4-6-28(38)36-39)18-27(37-13-10-24(33)11-14-37)35-30(29)22-7-8-23(19-32)25(31)17-22/h7-9,12,16-18,24,39H,2-6,10-11,13-15,33H2,1H3,(H,36,38). The van der Waals surface area contributed by atoms with E-state index < -0.39 is 5.82 Å². The molecular formula is C30H35FN6O3. The lowest BCUT2D eigenvalue weighted by Crippen LogP contribution is -2.40. The number of hydroxylamine groups is 1. The Morgan fingerprint density at radius 2 is 1.95 bits per heavy atom. The Kier molecular flexibility index (Phi) is 10.00. The van der Waals surface area contributed by atoms with Gasteiger partial charge in [-0.15, -0.1) is 0 Å². The zero-order valence-electron chi connectivity index (χ0n) is 22.7. The highest BCUT2D eigenvalue weighted by atomic mass is 19.1. The Labute approximate surface area is 233 Å². The van der Waals surface area contributed by atoms with Gasteiger partial charge in [0.05, 0.1) is 23.4 Å². The van der Waals surface area contributed by atoms with Crippen LogP contribution in [0.25, 0.3) is 22.4 Å². The van der Waals surface area contributed by atoms with Crippen LogP contribution in [0.2, 0.25) is 0 Å². The van der Waals surface area contributed by atoms with E-state index in [9.17, 15) is 14.4 Å². The molecule has 3 aromatic rings. The number of halogens is 1. The molecule has 0 bridgehead atoms. The number of nitriles is 1. The van der Waals surface area contributed by atoms with Gasteiger partial charge in [0.2, 0.25) is 5.91 Å². The topological polar surface area (TPSA) is 137 Å². The number of anilines is 1. The van der Waals surface area contributed by atoms with E-state index in [1.54, 1.807) is 17.7 Å². The van der Waals surface area contributed by atoms with Crippen molar-refractivity contribution < 1.29 is 19.1 Å². The van der Waals surface area contributed by atoms with Crippen LogP contribution in [0, 0.1) is 24.1 Å². The number of unbranched alkanes of at least 4 members (excludes halogenated alkanes) is 3. The number of ether oxygens (including phenoxy) is 1. The average molecular weight is 547 g/mol. The van der Waals surface area contributed by atoms with Gasteiger partial charge in [-0.3, -0.25) is 15.0 Å². The van der Waals surface area contributed by atoms with Crippen molar-refractivity contribution in [3.63, 3.8) is 0 Å². The minimum atomic E-state index is -0.606. The predicted octanol–water partition coefficient (Wildman–Crippen LogP) is 4.89. The summed E-state index contributed by atoms with van der Waals surface area (Å²) in [7, 11) is 0. The largest absolute Gasteiger partial charge is 0.493 e. The molecule has 1 aliphatic rings. The first kappa shape index (κ1) is 28.9. The summed E-state index contributed by atoms with van der Waals surface area (Å²) in [6, 6.07) is 12.3. The van der Waals surface area contributed by atoms with Crippen molar-refractivity contribution in [3.05, 3.63) is 59.7 Å². The fraction of sp³-hybridized carbons (Fsp3) is 0.400. The molecule has 0 saturated carbocycles. The second-order valence-corrected chi connectivity index (χ2v) is 10.1. The molecule has 0 atom stereocenters. The van der Waals surface area contributed by atoms with Gasteiger partial charge >= 0.3 is 0 Å². The van der Waals surface area contributed by atoms with Gasteiger partial charge in [0.15, 0.2) is 0 Å². The summed E-state index contributed by atoms with van der Waals surface area (Å²) >= 11 is 0. The van der Waals surface area contributed by atoms with Gasteiger partial charge < -0.3 is 15.4 Å². The van der Waals surface area contributed by atoms with Crippen molar-refractivity contribution >= 4 is 11.7 Å². The molecule has 4 N–H and O–H groups in total. The Hall–Kier alpha value is -4.07. The number of carbonyl (C=O) groups excluding carboxylic acids is 1. The molecule has 0 unspecified atom stereocenters. The number of nitrogens with one attached hydrogen (secondary N) is 1. The quantitative estimate of drug-likeness (QED) is 0.176. The van der Waals surface area contributed by atoms with Crippen molar-refractivity contribution in [2.45, 2.75) is 57.9 Å². The number of pyridine rings is 2. The maximum Gasteiger partial charge on any atom is 0.243 e. The van der Waals surface area contributed by atoms with Crippen molar-refractivity contribution in [3.8, 4) is 34.2 Å². The number of rotatable bonds is 11. The van der Waals surface area contributed by atoms with Crippen molar-refractivity contribution in [1.82, 2.24) is 15.4 Å². The Bertz CT molecular complexity index is 1370. The molecule has 0 radical (unpaired) electrons. The first-order valence-electron chi connectivity index (χ1n) is 13.6. The van der Waals surface area contributed by atoms with Crippen molar-refractivity contribution in [1.29, 1.82) is 5.26 Å². The van der Waals surface area contributed by atoms with Gasteiger partial charge in [0.1, 0.15) is 23.5 Å². The SMILES string of the molecule is Cc1cc(-c2c(OCCCCCCC(=O)NO)cc(N3CCC(N)CC3)nc2-c2ccc(C#N)c(F)c2)ccn1. The second-order valence-electron chi connectivity index (χ2n) is 10.1. The third-order valence-corrected chi connectivity index (χ3v) is 7.06. The number of hydrogen-bond donors (Lipinski definition) is 3. The first-order chi connectivity index (χ1) is 19.4. The number of amides is 1. The number of nitrogens with two attached hydrogens (primary N) is 1. The van der Waals surface area contributed by atoms with Crippen LogP contribution < -0.4 is 20.9 Å². The molecule has 1 aliphatic heterocycles. The molecule has 40 heavy (non-hydrogen) atoms. The van der Waals surface area contributed by atoms with Crippen LogP contribution >= 0.6 is 0 Å². The van der Waals surface area contributed by atoms with Gasteiger partial charge in [-0.1, -0.05) is 18.9 Å². The summed E-state index contributed by atoms with van der Waals surface area (Å²) in [6.07, 6.45) is 6.83. The zero-order valence-corrected chi connectivity index (χ0v) is 22.7. The number of aromatic nitrogens is 2. The first-order valence-corrected chi connectivity index (χ1v) is 13.6. The summed E-state index contributed by atoms with van der Waals surface area (Å²) in [4.78, 5) is 22.8. The Morgan fingerprint density at radius 1 is 1.18 bits per heavy atom. The van der Waals surface area contributed by atoms with E-state index in [0.717, 1.165) is 67.8 Å². The normalized spacial score (nSPS) is 13.6. The number of piperidine rings is 1. The molecule has 9 nitrogen and oxygen atoms in total. The van der Waals surface area contributed by atoms with Gasteiger partial charge in [0, 0.05) is 49.1 Å². The third-order valence-electron chi connectivity index (χ3n) is 7.06. The molecule has 210 valence electrons. The summed E-state index contributed by atoms with van der Waals surface area (Å²) in [5.74, 6) is 0.366. The van der Waals surface area contributed by atoms with E-state index in [2.05, 4.69) is 9.88 Å². The molecule has 1 fully saturated rings. The summed E-state index contributed by atoms with van der Waals surface area (Å²) < 4.78 is 21.2. The van der Waals surface area contributed by atoms with Crippen LogP contribution in [-0.2, 0) is 4.79 Å². The van der Waals surface area contributed by atoms with E-state index in [1.807, 2.05) is 31.2 Å². The molecular weight excluding hydrogens is 511 g/mol. The minimum Gasteiger partial charge on any atom is -0.493 e. The van der Waals surface area contributed by atoms with E-state index in [-0.39, 0.29) is 23.9 Å². The zero-order chi connectivity index (χ0) is 28.5. The molecule has 0 aliphatic carbocycles. The van der Waals surface area contributed by atoms with Crippen LogP contribution in [0.1, 0.15) is 56.2 Å². The monoisotopic (exact) mass is 546 g/mol. The predicted molar refractivity (Wildman–Crippen MR) is 150 cm³/mol. The number of carbonyl (C=O) groups is 1. The second kappa shape index (κ2) is 13.8. The van der Waals surface area contributed by atoms with E-state index in [1.165, 1.54) is 12.1 Å². The maximum absolute atomic E-state index is 14.8. The third kappa shape index (κ3) is 7.31. The lowest BCUT2D eigenvalue weighted by Gasteiger charge is -2.32. The summed E-state index contributed by atoms with van der Waals surface area (Å²) in [5, 5.41) is 17.9. The molecule has 0 spiro atoms. The smallest absolute Gasteiger partial charge is 0.243 e. The van der Waals surface area contributed by atoms with Gasteiger partial charge in [-0.05, 0) is 62.4 Å². The summed E-state index contributed by atoms with van der Waals surface area (Å²) in [5.41, 5.74) is 11.3. The fourth-order valence-corrected chi connectivity index (χ4v) is 4.83. The van der Waals surface area contributed by atoms with Gasteiger partial charge in [-0.2, -0.15) is 5.26 Å². The van der Waals surface area contributed by atoms with Crippen LogP contribution in [0.5, 0.6) is 5.75 Å². The molecule has 3 heterocycles. The average Bonchev–Trinajstić information content (AvgIpc) is 2.96. The Balaban J connectivity index is 1.71. The van der Waals surface area contributed by atoms with Gasteiger partial charge in [0.25, 0.3) is 0 Å². The highest BCUT2D eigenvalue weighted by Gasteiger charge is 2.23. The van der Waals surface area contributed by atoms with E-state index >= 15 is 0 Å². The highest BCUT2D eigenvalue weighted by molar-refractivity contribution is 5.87. The van der Waals surface area contributed by atoms with Crippen molar-refractivity contribution in [2.75, 3.05) is 24.6 Å². The number of hydrogen-bond acceptors (Lipinski definition) is 8. The van der Waals surface area contributed by atoms with Crippen LogP contribution in [0.15, 0.2) is 42.6 Å². The number of nitrogens with zero attached hydrogens (tertiary/aromatic N) is 4. The van der Waals surface area contributed by atoms with E-state index in [4.69, 9.17) is 20.7 Å². The summed E-state index contributed by atoms with van der Waals surface area (Å²) in [6.45, 7) is 3.85. The lowest BCUT2D eigenvalue weighted by atomic mass is 9.97. The maximum atomic E-state index is 14.8. The van der Waals surface area contributed by atoms with Crippen LogP contribution in [0.3, 0.4) is 0 Å². The van der Waals surface area contributed by atoms with Crippen LogP contribution in [-0.4, -0.2) is 46.8 Å². The molecule has 10 heteroatoms. The molecule has 2 aromatic heterocycles. The fourth-order valence-electron chi connectivity index (χ4n) is 4.83. The molecule has 1 aromatic carbocycles. The van der Waals surface area contributed by atoms with Crippen LogP contribution in [0.4, 0.5) is 10.2 Å². The number of benzene rings is 1. The van der Waals surface area contributed by atoms with Crippen molar-refractivity contribution in [2.24, 2.45) is 5.73 Å². The number of aryl methyl sites for hydroxylation is 1. The highest BCUT2D eigenvalue weighted by Crippen LogP contribution is 2.41. The van der Waals surface area contributed by atoms with E-state index in [0.29, 0.717) is 30.0 Å². The molecule has 4 rings (SSSR count). The van der Waals surface area contributed by atoms with Gasteiger partial charge in [-0.25, -0.2) is 14.9 Å². The Morgan fingerprint density at radius 3 is 2.65 bits per heavy atom.